The molecule has 3 rings (SSSR count). The minimum atomic E-state index is -0.604. The Labute approximate surface area is 176 Å². The monoisotopic (exact) mass is 409 g/mol. The zero-order chi connectivity index (χ0) is 21.7. The molecule has 1 heterocycles. The van der Waals surface area contributed by atoms with Crippen LogP contribution in [0.5, 0.6) is 11.5 Å². The summed E-state index contributed by atoms with van der Waals surface area (Å²) < 4.78 is 19.0. The highest BCUT2D eigenvalue weighted by atomic mass is 16.5. The molecule has 30 heavy (non-hydrogen) atoms. The first kappa shape index (κ1) is 21.5. The molecule has 6 heteroatoms. The number of aryl methyl sites for hydroxylation is 2. The highest BCUT2D eigenvalue weighted by Crippen LogP contribution is 2.35. The number of nitrogens with zero attached hydrogens (tertiary/aromatic N) is 1. The third kappa shape index (κ3) is 5.44. The van der Waals surface area contributed by atoms with Crippen molar-refractivity contribution in [2.45, 2.75) is 46.3 Å². The fourth-order valence-corrected chi connectivity index (χ4v) is 3.31. The zero-order valence-electron chi connectivity index (χ0n) is 17.9. The number of hydrogen-bond acceptors (Lipinski definition) is 5. The molecule has 0 amide bonds. The van der Waals surface area contributed by atoms with Crippen LogP contribution in [0.3, 0.4) is 0 Å². The van der Waals surface area contributed by atoms with Gasteiger partial charge in [-0.15, -0.1) is 0 Å². The lowest BCUT2D eigenvalue weighted by molar-refractivity contribution is -0.143. The van der Waals surface area contributed by atoms with E-state index in [0.29, 0.717) is 30.6 Å². The first-order valence-electron chi connectivity index (χ1n) is 10.0. The smallest absolute Gasteiger partial charge is 0.385 e. The number of aromatic nitrogens is 1. The molecular weight excluding hydrogens is 382 g/mol. The summed E-state index contributed by atoms with van der Waals surface area (Å²) in [5.74, 6) is 6.25. The molecule has 1 fully saturated rings. The van der Waals surface area contributed by atoms with E-state index >= 15 is 0 Å². The van der Waals surface area contributed by atoms with Crippen molar-refractivity contribution in [3.63, 3.8) is 0 Å². The molecule has 0 radical (unpaired) electrons. The van der Waals surface area contributed by atoms with Gasteiger partial charge in [0.05, 0.1) is 20.3 Å². The van der Waals surface area contributed by atoms with Crippen LogP contribution in [-0.2, 0) is 16.1 Å². The van der Waals surface area contributed by atoms with Crippen LogP contribution in [0.4, 0.5) is 0 Å². The second-order valence-corrected chi connectivity index (χ2v) is 7.52. The van der Waals surface area contributed by atoms with E-state index in [1.165, 1.54) is 12.8 Å². The Bertz CT molecular complexity index is 1010. The first-order valence-corrected chi connectivity index (χ1v) is 10.0. The Kier molecular flexibility index (Phi) is 6.83. The Morgan fingerprint density at radius 1 is 1.17 bits per heavy atom. The van der Waals surface area contributed by atoms with Crippen molar-refractivity contribution in [2.75, 3.05) is 13.7 Å². The summed E-state index contributed by atoms with van der Waals surface area (Å²) in [5.41, 5.74) is 2.31. The molecule has 0 aliphatic heterocycles. The highest BCUT2D eigenvalue weighted by Gasteiger charge is 2.24. The van der Waals surface area contributed by atoms with Gasteiger partial charge in [0, 0.05) is 29.4 Å². The number of esters is 1. The van der Waals surface area contributed by atoms with E-state index in [4.69, 9.17) is 14.2 Å². The summed E-state index contributed by atoms with van der Waals surface area (Å²) in [5, 5.41) is 0. The molecule has 1 aliphatic carbocycles. The topological polar surface area (TPSA) is 66.8 Å². The molecule has 0 spiro atoms. The maximum atomic E-state index is 12.2. The van der Waals surface area contributed by atoms with E-state index in [2.05, 4.69) is 11.8 Å². The molecule has 6 nitrogen and oxygen atoms in total. The number of hydrogen-bond donors (Lipinski definition) is 0. The summed E-state index contributed by atoms with van der Waals surface area (Å²) >= 11 is 0. The van der Waals surface area contributed by atoms with E-state index in [0.717, 1.165) is 17.0 Å². The fraction of sp³-hybridized carbons (Fsp3) is 0.417. The van der Waals surface area contributed by atoms with Crippen LogP contribution >= 0.6 is 0 Å². The van der Waals surface area contributed by atoms with Gasteiger partial charge < -0.3 is 18.8 Å². The van der Waals surface area contributed by atoms with Gasteiger partial charge in [0.25, 0.3) is 0 Å². The van der Waals surface area contributed by atoms with Crippen LogP contribution in [0.15, 0.2) is 35.1 Å². The average Bonchev–Trinajstić information content (AvgIpc) is 3.52. The van der Waals surface area contributed by atoms with Gasteiger partial charge in [-0.3, -0.25) is 4.79 Å². The van der Waals surface area contributed by atoms with Crippen molar-refractivity contribution in [3.8, 4) is 23.3 Å². The molecular formula is C24H27NO5. The SMILES string of the molecule is CC#CC(=O)OC(Cn1c(C)cc(=O)cc1C)c1ccc(OC)c(OCC2CC2)c1. The van der Waals surface area contributed by atoms with Crippen LogP contribution in [0, 0.1) is 31.6 Å². The minimum Gasteiger partial charge on any atom is -0.493 e. The second kappa shape index (κ2) is 9.53. The van der Waals surface area contributed by atoms with Crippen LogP contribution in [0.2, 0.25) is 0 Å². The van der Waals surface area contributed by atoms with Crippen molar-refractivity contribution in [1.29, 1.82) is 0 Å². The molecule has 1 aromatic carbocycles. The molecule has 2 aromatic rings. The van der Waals surface area contributed by atoms with E-state index in [9.17, 15) is 9.59 Å². The summed E-state index contributed by atoms with van der Waals surface area (Å²) in [7, 11) is 1.60. The maximum absolute atomic E-state index is 12.2. The Hall–Kier alpha value is -3.20. The fourth-order valence-electron chi connectivity index (χ4n) is 3.31. The minimum absolute atomic E-state index is 0.0492. The number of methoxy groups -OCH3 is 1. The van der Waals surface area contributed by atoms with Gasteiger partial charge in [-0.05, 0) is 57.2 Å². The predicted molar refractivity (Wildman–Crippen MR) is 114 cm³/mol. The summed E-state index contributed by atoms with van der Waals surface area (Å²) in [6.07, 6.45) is 1.76. The van der Waals surface area contributed by atoms with Crippen molar-refractivity contribution >= 4 is 5.97 Å². The van der Waals surface area contributed by atoms with Gasteiger partial charge in [0.15, 0.2) is 16.9 Å². The number of carbonyl (C=O) groups is 1. The maximum Gasteiger partial charge on any atom is 0.385 e. The van der Waals surface area contributed by atoms with E-state index < -0.39 is 12.1 Å². The summed E-state index contributed by atoms with van der Waals surface area (Å²) in [6.45, 7) is 6.30. The molecule has 1 aromatic heterocycles. The second-order valence-electron chi connectivity index (χ2n) is 7.52. The Morgan fingerprint density at radius 3 is 2.47 bits per heavy atom. The van der Waals surface area contributed by atoms with Crippen molar-refractivity contribution < 1.29 is 19.0 Å². The molecule has 0 saturated heterocycles. The number of ether oxygens (including phenoxy) is 3. The van der Waals surface area contributed by atoms with Crippen molar-refractivity contribution in [2.24, 2.45) is 5.92 Å². The molecule has 1 atom stereocenters. The Morgan fingerprint density at radius 2 is 1.87 bits per heavy atom. The van der Waals surface area contributed by atoms with Gasteiger partial charge in [-0.25, -0.2) is 4.79 Å². The van der Waals surface area contributed by atoms with Gasteiger partial charge in [-0.1, -0.05) is 12.0 Å². The van der Waals surface area contributed by atoms with Crippen molar-refractivity contribution in [1.82, 2.24) is 4.57 Å². The summed E-state index contributed by atoms with van der Waals surface area (Å²) in [6, 6.07) is 8.65. The molecule has 1 unspecified atom stereocenters. The quantitative estimate of drug-likeness (QED) is 0.379. The van der Waals surface area contributed by atoms with E-state index in [-0.39, 0.29) is 5.43 Å². The average molecular weight is 409 g/mol. The standard InChI is InChI=1S/C24H27NO5/c1-5-6-24(27)30-23(14-25-16(2)11-20(26)12-17(25)3)19-9-10-21(28-4)22(13-19)29-15-18-7-8-18/h9-13,18,23H,7-8,14-15H2,1-4H3. The van der Waals surface area contributed by atoms with Gasteiger partial charge in [0.1, 0.15) is 6.10 Å². The molecule has 0 N–H and O–H groups in total. The lowest BCUT2D eigenvalue weighted by Crippen LogP contribution is -2.21. The van der Waals surface area contributed by atoms with Crippen LogP contribution in [0.25, 0.3) is 0 Å². The van der Waals surface area contributed by atoms with Gasteiger partial charge >= 0.3 is 5.97 Å². The van der Waals surface area contributed by atoms with Crippen LogP contribution in [-0.4, -0.2) is 24.3 Å². The number of benzene rings is 1. The van der Waals surface area contributed by atoms with Gasteiger partial charge in [-0.2, -0.15) is 0 Å². The highest BCUT2D eigenvalue weighted by molar-refractivity contribution is 5.88. The molecule has 1 aliphatic rings. The van der Waals surface area contributed by atoms with E-state index in [1.54, 1.807) is 26.2 Å². The predicted octanol–water partition coefficient (Wildman–Crippen LogP) is 3.57. The molecule has 1 saturated carbocycles. The Balaban J connectivity index is 1.94. The van der Waals surface area contributed by atoms with Crippen molar-refractivity contribution in [3.05, 3.63) is 57.5 Å². The molecule has 158 valence electrons. The number of rotatable bonds is 8. The largest absolute Gasteiger partial charge is 0.493 e. The lowest BCUT2D eigenvalue weighted by Gasteiger charge is -2.23. The zero-order valence-corrected chi connectivity index (χ0v) is 17.9. The third-order valence-electron chi connectivity index (χ3n) is 5.11. The number of pyridine rings is 1. The lowest BCUT2D eigenvalue weighted by atomic mass is 10.1. The normalized spacial score (nSPS) is 13.7. The van der Waals surface area contributed by atoms with Crippen LogP contribution in [0.1, 0.15) is 42.8 Å². The molecule has 0 bridgehead atoms. The van der Waals surface area contributed by atoms with E-state index in [1.807, 2.05) is 36.6 Å². The third-order valence-corrected chi connectivity index (χ3v) is 5.11. The number of carbonyl (C=O) groups excluding carboxylic acids is 1. The van der Waals surface area contributed by atoms with Crippen LogP contribution < -0.4 is 14.9 Å². The first-order chi connectivity index (χ1) is 14.4. The summed E-state index contributed by atoms with van der Waals surface area (Å²) in [4.78, 5) is 23.9. The van der Waals surface area contributed by atoms with Gasteiger partial charge in [0.2, 0.25) is 0 Å².